The molecule has 4 nitrogen and oxygen atoms in total. The fourth-order valence-corrected chi connectivity index (χ4v) is 1.42. The maximum absolute atomic E-state index is 12.8. The van der Waals surface area contributed by atoms with Gasteiger partial charge in [-0.2, -0.15) is 18.4 Å². The number of halogens is 6. The van der Waals surface area contributed by atoms with Crippen LogP contribution in [-0.2, 0) is 10.9 Å². The van der Waals surface area contributed by atoms with Crippen LogP contribution in [0.3, 0.4) is 0 Å². The molecule has 0 spiro atoms. The fraction of sp³-hybridized carbons (Fsp3) is 0.273. The molecule has 0 aromatic heterocycles. The Morgan fingerprint density at radius 3 is 2.14 bits per heavy atom. The summed E-state index contributed by atoms with van der Waals surface area (Å²) in [4.78, 5) is 11.3. The number of hydrogen-bond donors (Lipinski definition) is 0. The lowest BCUT2D eigenvalue weighted by Crippen LogP contribution is -2.22. The Morgan fingerprint density at radius 1 is 1.19 bits per heavy atom. The van der Waals surface area contributed by atoms with E-state index in [2.05, 4.69) is 9.47 Å². The number of carbonyl (C=O) groups excluding carboxylic acids is 1. The van der Waals surface area contributed by atoms with Crippen molar-refractivity contribution in [3.8, 4) is 11.8 Å². The maximum Gasteiger partial charge on any atom is 0.573 e. The summed E-state index contributed by atoms with van der Waals surface area (Å²) in [6.45, 7) is 0. The predicted octanol–water partition coefficient (Wildman–Crippen LogP) is 3.26. The SMILES string of the molecule is COC(=O)c1c(OC(F)(F)F)cc(C#N)cc1C(F)(F)F. The molecule has 0 atom stereocenters. The van der Waals surface area contributed by atoms with Crippen LogP contribution in [0.2, 0.25) is 0 Å². The monoisotopic (exact) mass is 313 g/mol. The number of alkyl halides is 6. The molecule has 0 bridgehead atoms. The molecule has 10 heteroatoms. The van der Waals surface area contributed by atoms with E-state index < -0.39 is 40.9 Å². The van der Waals surface area contributed by atoms with E-state index in [-0.39, 0.29) is 6.07 Å². The van der Waals surface area contributed by atoms with Crippen LogP contribution < -0.4 is 4.74 Å². The summed E-state index contributed by atoms with van der Waals surface area (Å²) >= 11 is 0. The van der Waals surface area contributed by atoms with E-state index in [1.54, 1.807) is 0 Å². The second-order valence-electron chi connectivity index (χ2n) is 3.55. The van der Waals surface area contributed by atoms with Gasteiger partial charge in [-0.15, -0.1) is 13.2 Å². The summed E-state index contributed by atoms with van der Waals surface area (Å²) in [6.07, 6.45) is -10.5. The zero-order chi connectivity index (χ0) is 16.4. The standard InChI is InChI=1S/C11H5F6NO3/c1-20-9(19)8-6(10(12,13)14)2-5(4-18)3-7(8)21-11(15,16)17/h2-3H,1H3. The lowest BCUT2D eigenvalue weighted by molar-refractivity contribution is -0.274. The van der Waals surface area contributed by atoms with Crippen LogP contribution in [0.25, 0.3) is 0 Å². The van der Waals surface area contributed by atoms with E-state index in [1.165, 1.54) is 6.07 Å². The number of methoxy groups -OCH3 is 1. The second-order valence-corrected chi connectivity index (χ2v) is 3.55. The molecule has 0 heterocycles. The molecular weight excluding hydrogens is 308 g/mol. The minimum atomic E-state index is -5.35. The highest BCUT2D eigenvalue weighted by Crippen LogP contribution is 2.39. The molecule has 0 amide bonds. The van der Waals surface area contributed by atoms with Crippen molar-refractivity contribution in [1.29, 1.82) is 5.26 Å². The number of rotatable bonds is 2. The summed E-state index contributed by atoms with van der Waals surface area (Å²) in [5, 5.41) is 8.57. The van der Waals surface area contributed by atoms with E-state index in [9.17, 15) is 31.1 Å². The van der Waals surface area contributed by atoms with Crippen molar-refractivity contribution in [2.24, 2.45) is 0 Å². The van der Waals surface area contributed by atoms with Gasteiger partial charge in [0, 0.05) is 0 Å². The van der Waals surface area contributed by atoms with Crippen LogP contribution >= 0.6 is 0 Å². The number of esters is 1. The third-order valence-electron chi connectivity index (χ3n) is 2.15. The molecule has 0 radical (unpaired) electrons. The second kappa shape index (κ2) is 5.51. The van der Waals surface area contributed by atoms with Gasteiger partial charge >= 0.3 is 18.5 Å². The van der Waals surface area contributed by atoms with E-state index in [0.29, 0.717) is 13.2 Å². The molecule has 0 N–H and O–H groups in total. The molecule has 21 heavy (non-hydrogen) atoms. The number of carbonyl (C=O) groups is 1. The van der Waals surface area contributed by atoms with Gasteiger partial charge < -0.3 is 9.47 Å². The predicted molar refractivity (Wildman–Crippen MR) is 54.2 cm³/mol. The maximum atomic E-state index is 12.8. The topological polar surface area (TPSA) is 59.3 Å². The molecular formula is C11H5F6NO3. The number of hydrogen-bond acceptors (Lipinski definition) is 4. The van der Waals surface area contributed by atoms with Crippen molar-refractivity contribution in [2.45, 2.75) is 12.5 Å². The summed E-state index contributed by atoms with van der Waals surface area (Å²) in [5.74, 6) is -3.13. The van der Waals surface area contributed by atoms with Crippen LogP contribution in [0.4, 0.5) is 26.3 Å². The first-order chi connectivity index (χ1) is 9.49. The van der Waals surface area contributed by atoms with Crippen LogP contribution in [-0.4, -0.2) is 19.4 Å². The third-order valence-corrected chi connectivity index (χ3v) is 2.15. The number of nitriles is 1. The molecule has 1 rings (SSSR count). The molecule has 0 aliphatic rings. The summed E-state index contributed by atoms with van der Waals surface area (Å²) in [6, 6.07) is 1.85. The van der Waals surface area contributed by atoms with E-state index in [0.717, 1.165) is 0 Å². The highest BCUT2D eigenvalue weighted by molar-refractivity contribution is 5.94. The Balaban J connectivity index is 3.67. The Kier molecular flexibility index (Phi) is 4.36. The Morgan fingerprint density at radius 2 is 1.76 bits per heavy atom. The lowest BCUT2D eigenvalue weighted by atomic mass is 10.0. The molecule has 114 valence electrons. The van der Waals surface area contributed by atoms with Gasteiger partial charge in [0.05, 0.1) is 24.3 Å². The minimum Gasteiger partial charge on any atom is -0.465 e. The van der Waals surface area contributed by atoms with Gasteiger partial charge in [-0.05, 0) is 12.1 Å². The quantitative estimate of drug-likeness (QED) is 0.621. The molecule has 0 aliphatic carbocycles. The number of ether oxygens (including phenoxy) is 2. The fourth-order valence-electron chi connectivity index (χ4n) is 1.42. The number of nitrogens with zero attached hydrogens (tertiary/aromatic N) is 1. The van der Waals surface area contributed by atoms with Crippen LogP contribution in [0.1, 0.15) is 21.5 Å². The Hall–Kier alpha value is -2.44. The average Bonchev–Trinajstić information content (AvgIpc) is 2.33. The van der Waals surface area contributed by atoms with Crippen molar-refractivity contribution in [3.63, 3.8) is 0 Å². The van der Waals surface area contributed by atoms with Gasteiger partial charge in [-0.1, -0.05) is 0 Å². The van der Waals surface area contributed by atoms with Crippen molar-refractivity contribution in [2.75, 3.05) is 7.11 Å². The zero-order valence-corrected chi connectivity index (χ0v) is 10.1. The minimum absolute atomic E-state index is 0.232. The summed E-state index contributed by atoms with van der Waals surface area (Å²) in [7, 11) is 0.693. The normalized spacial score (nSPS) is 11.7. The van der Waals surface area contributed by atoms with E-state index in [4.69, 9.17) is 5.26 Å². The van der Waals surface area contributed by atoms with Crippen molar-refractivity contribution in [3.05, 3.63) is 28.8 Å². The Labute approximate surface area is 113 Å². The van der Waals surface area contributed by atoms with Crippen molar-refractivity contribution in [1.82, 2.24) is 0 Å². The van der Waals surface area contributed by atoms with Gasteiger partial charge in [0.2, 0.25) is 0 Å². The molecule has 1 aromatic rings. The first-order valence-electron chi connectivity index (χ1n) is 4.99. The van der Waals surface area contributed by atoms with Crippen LogP contribution in [0.15, 0.2) is 12.1 Å². The Bertz CT molecular complexity index is 600. The average molecular weight is 313 g/mol. The van der Waals surface area contributed by atoms with E-state index in [1.807, 2.05) is 0 Å². The molecule has 0 unspecified atom stereocenters. The summed E-state index contributed by atoms with van der Waals surface area (Å²) in [5.41, 5.74) is -3.97. The third kappa shape index (κ3) is 4.01. The summed E-state index contributed by atoms with van der Waals surface area (Å²) < 4.78 is 82.5. The van der Waals surface area contributed by atoms with Crippen molar-refractivity contribution >= 4 is 5.97 Å². The largest absolute Gasteiger partial charge is 0.573 e. The van der Waals surface area contributed by atoms with Gasteiger partial charge in [0.15, 0.2) is 0 Å². The first kappa shape index (κ1) is 16.6. The molecule has 1 aromatic carbocycles. The first-order valence-corrected chi connectivity index (χ1v) is 4.99. The molecule has 0 fully saturated rings. The highest BCUT2D eigenvalue weighted by atomic mass is 19.4. The van der Waals surface area contributed by atoms with Gasteiger partial charge in [0.25, 0.3) is 0 Å². The van der Waals surface area contributed by atoms with Crippen molar-refractivity contribution < 1.29 is 40.6 Å². The van der Waals surface area contributed by atoms with E-state index >= 15 is 0 Å². The van der Waals surface area contributed by atoms with Gasteiger partial charge in [-0.25, -0.2) is 4.79 Å². The number of benzene rings is 1. The molecule has 0 saturated carbocycles. The highest BCUT2D eigenvalue weighted by Gasteiger charge is 2.41. The van der Waals surface area contributed by atoms with Crippen LogP contribution in [0.5, 0.6) is 5.75 Å². The molecule has 0 aliphatic heterocycles. The zero-order valence-electron chi connectivity index (χ0n) is 10.1. The lowest BCUT2D eigenvalue weighted by Gasteiger charge is -2.17. The van der Waals surface area contributed by atoms with Crippen LogP contribution in [0, 0.1) is 11.3 Å². The van der Waals surface area contributed by atoms with Gasteiger partial charge in [-0.3, -0.25) is 0 Å². The van der Waals surface area contributed by atoms with Gasteiger partial charge in [0.1, 0.15) is 11.3 Å². The molecule has 0 saturated heterocycles. The smallest absolute Gasteiger partial charge is 0.465 e.